The highest BCUT2D eigenvalue weighted by Crippen LogP contribution is 2.30. The number of thioether (sulfide) groups is 1. The zero-order valence-electron chi connectivity index (χ0n) is 14.7. The fourth-order valence-corrected chi connectivity index (χ4v) is 4.44. The van der Waals surface area contributed by atoms with Gasteiger partial charge in [-0.2, -0.15) is 0 Å². The third-order valence-electron chi connectivity index (χ3n) is 4.14. The first-order valence-electron chi connectivity index (χ1n) is 8.41. The number of piperidine rings is 1. The van der Waals surface area contributed by atoms with Crippen molar-refractivity contribution in [3.63, 3.8) is 0 Å². The molecule has 0 aromatic carbocycles. The molecule has 8 heteroatoms. The molecule has 2 N–H and O–H groups in total. The van der Waals surface area contributed by atoms with Crippen molar-refractivity contribution in [2.75, 3.05) is 18.4 Å². The predicted octanol–water partition coefficient (Wildman–Crippen LogP) is 3.28. The van der Waals surface area contributed by atoms with Crippen molar-refractivity contribution in [3.05, 3.63) is 29.4 Å². The molecular weight excluding hydrogens is 356 g/mol. The topological polar surface area (TPSA) is 80.0 Å². The number of hydrogen-bond donors (Lipinski definition) is 2. The molecule has 25 heavy (non-hydrogen) atoms. The number of carbonyl (C=O) groups excluding carboxylic acids is 1. The molecule has 0 saturated carbocycles. The van der Waals surface area contributed by atoms with Crippen LogP contribution in [0.15, 0.2) is 22.2 Å². The summed E-state index contributed by atoms with van der Waals surface area (Å²) in [5, 5.41) is 9.03. The highest BCUT2D eigenvalue weighted by Gasteiger charge is 2.32. The van der Waals surface area contributed by atoms with Gasteiger partial charge in [0.2, 0.25) is 11.8 Å². The zero-order chi connectivity index (χ0) is 17.9. The minimum atomic E-state index is -0.0432. The number of carbonyl (C=O) groups is 1. The lowest BCUT2D eigenvalue weighted by atomic mass is 9.94. The first kappa shape index (κ1) is 18.4. The Labute approximate surface area is 156 Å². The number of amides is 1. The van der Waals surface area contributed by atoms with Crippen LogP contribution in [-0.4, -0.2) is 34.2 Å². The number of nitrogens with one attached hydrogen (secondary N) is 2. The molecule has 1 fully saturated rings. The second-order valence-electron chi connectivity index (χ2n) is 7.14. The highest BCUT2D eigenvalue weighted by atomic mass is 32.2. The van der Waals surface area contributed by atoms with E-state index in [4.69, 9.17) is 4.42 Å². The second kappa shape index (κ2) is 7.88. The summed E-state index contributed by atoms with van der Waals surface area (Å²) in [6, 6.07) is 0. The van der Waals surface area contributed by atoms with Gasteiger partial charge in [0.25, 0.3) is 0 Å². The molecule has 2 aromatic heterocycles. The van der Waals surface area contributed by atoms with Gasteiger partial charge in [-0.15, -0.1) is 23.1 Å². The van der Waals surface area contributed by atoms with Crippen LogP contribution in [0.3, 0.4) is 0 Å². The summed E-state index contributed by atoms with van der Waals surface area (Å²) in [5.74, 6) is 2.30. The third-order valence-corrected chi connectivity index (χ3v) is 6.16. The summed E-state index contributed by atoms with van der Waals surface area (Å²) >= 11 is 3.17. The van der Waals surface area contributed by atoms with Gasteiger partial charge in [-0.1, -0.05) is 20.8 Å². The first-order chi connectivity index (χ1) is 11.9. The SMILES string of the molecule is CC(C)(C)c1cnc(CSC2CNCCC2C(=O)Nc2nccs2)o1. The third kappa shape index (κ3) is 4.83. The van der Waals surface area contributed by atoms with E-state index in [1.807, 2.05) is 11.6 Å². The molecule has 1 amide bonds. The van der Waals surface area contributed by atoms with E-state index in [1.165, 1.54) is 11.3 Å². The number of nitrogens with zero attached hydrogens (tertiary/aromatic N) is 2. The number of thiazole rings is 1. The fourth-order valence-electron chi connectivity index (χ4n) is 2.69. The Hall–Kier alpha value is -1.38. The lowest BCUT2D eigenvalue weighted by Crippen LogP contribution is -2.44. The van der Waals surface area contributed by atoms with Crippen molar-refractivity contribution in [2.24, 2.45) is 5.92 Å². The smallest absolute Gasteiger partial charge is 0.230 e. The maximum Gasteiger partial charge on any atom is 0.230 e. The predicted molar refractivity (Wildman–Crippen MR) is 102 cm³/mol. The first-order valence-corrected chi connectivity index (χ1v) is 10.3. The summed E-state index contributed by atoms with van der Waals surface area (Å²) < 4.78 is 5.86. The van der Waals surface area contributed by atoms with Crippen LogP contribution >= 0.6 is 23.1 Å². The average Bonchev–Trinajstić information content (AvgIpc) is 3.24. The minimum absolute atomic E-state index is 0.0350. The Morgan fingerprint density at radius 3 is 3.00 bits per heavy atom. The molecule has 2 atom stereocenters. The van der Waals surface area contributed by atoms with Gasteiger partial charge in [-0.25, -0.2) is 9.97 Å². The molecular formula is C17H24N4O2S2. The second-order valence-corrected chi connectivity index (χ2v) is 9.27. The molecule has 0 spiro atoms. The number of oxazole rings is 1. The van der Waals surface area contributed by atoms with Crippen molar-refractivity contribution in [1.29, 1.82) is 0 Å². The van der Waals surface area contributed by atoms with E-state index in [0.29, 0.717) is 10.9 Å². The van der Waals surface area contributed by atoms with Crippen molar-refractivity contribution < 1.29 is 9.21 Å². The number of anilines is 1. The minimum Gasteiger partial charge on any atom is -0.444 e. The molecule has 1 aliphatic rings. The molecule has 6 nitrogen and oxygen atoms in total. The summed E-state index contributed by atoms with van der Waals surface area (Å²) in [5.41, 5.74) is -0.0432. The molecule has 0 radical (unpaired) electrons. The molecule has 1 saturated heterocycles. The molecule has 2 unspecified atom stereocenters. The van der Waals surface area contributed by atoms with Crippen LogP contribution in [0.2, 0.25) is 0 Å². The van der Waals surface area contributed by atoms with Crippen LogP contribution < -0.4 is 10.6 Å². The summed E-state index contributed by atoms with van der Waals surface area (Å²) in [6.07, 6.45) is 4.33. The van der Waals surface area contributed by atoms with Crippen LogP contribution in [0.4, 0.5) is 5.13 Å². The van der Waals surface area contributed by atoms with E-state index in [-0.39, 0.29) is 22.5 Å². The Balaban J connectivity index is 1.59. The standard InChI is InChI=1S/C17H24N4O2S2/c1-17(2,3)13-9-20-14(23-13)10-25-12-8-18-5-4-11(12)15(22)21-16-19-6-7-24-16/h6-7,9,11-12,18H,4-5,8,10H2,1-3H3,(H,19,21,22). The van der Waals surface area contributed by atoms with Gasteiger partial charge in [-0.05, 0) is 13.0 Å². The Morgan fingerprint density at radius 2 is 2.32 bits per heavy atom. The van der Waals surface area contributed by atoms with Crippen molar-refractivity contribution in [1.82, 2.24) is 15.3 Å². The highest BCUT2D eigenvalue weighted by molar-refractivity contribution is 7.99. The van der Waals surface area contributed by atoms with Crippen molar-refractivity contribution >= 4 is 34.1 Å². The molecule has 3 rings (SSSR count). The van der Waals surface area contributed by atoms with Crippen LogP contribution in [0.1, 0.15) is 38.8 Å². The van der Waals surface area contributed by atoms with Gasteiger partial charge >= 0.3 is 0 Å². The molecule has 136 valence electrons. The molecule has 0 aliphatic carbocycles. The number of hydrogen-bond acceptors (Lipinski definition) is 7. The lowest BCUT2D eigenvalue weighted by molar-refractivity contribution is -0.120. The monoisotopic (exact) mass is 380 g/mol. The normalized spacial score (nSPS) is 21.2. The maximum atomic E-state index is 12.6. The van der Waals surface area contributed by atoms with E-state index < -0.39 is 0 Å². The van der Waals surface area contributed by atoms with Gasteiger partial charge in [0.1, 0.15) is 5.76 Å². The van der Waals surface area contributed by atoms with Gasteiger partial charge in [-0.3, -0.25) is 4.79 Å². The number of aromatic nitrogens is 2. The van der Waals surface area contributed by atoms with Gasteiger partial charge in [0.05, 0.1) is 17.9 Å². The van der Waals surface area contributed by atoms with Gasteiger partial charge in [0.15, 0.2) is 5.13 Å². The number of rotatable bonds is 5. The Bertz CT molecular complexity index is 694. The summed E-state index contributed by atoms with van der Waals surface area (Å²) in [4.78, 5) is 21.1. The van der Waals surface area contributed by atoms with E-state index in [1.54, 1.807) is 18.0 Å². The molecule has 0 bridgehead atoms. The van der Waals surface area contributed by atoms with E-state index in [2.05, 4.69) is 41.4 Å². The molecule has 2 aromatic rings. The quantitative estimate of drug-likeness (QED) is 0.829. The molecule has 3 heterocycles. The largest absolute Gasteiger partial charge is 0.444 e. The zero-order valence-corrected chi connectivity index (χ0v) is 16.4. The van der Waals surface area contributed by atoms with E-state index >= 15 is 0 Å². The molecule has 1 aliphatic heterocycles. The fraction of sp³-hybridized carbons (Fsp3) is 0.588. The van der Waals surface area contributed by atoms with Crippen molar-refractivity contribution in [3.8, 4) is 0 Å². The van der Waals surface area contributed by atoms with Crippen LogP contribution in [0.5, 0.6) is 0 Å². The average molecular weight is 381 g/mol. The summed E-state index contributed by atoms with van der Waals surface area (Å²) in [6.45, 7) is 7.99. The van der Waals surface area contributed by atoms with Crippen molar-refractivity contribution in [2.45, 2.75) is 43.6 Å². The van der Waals surface area contributed by atoms with E-state index in [9.17, 15) is 4.79 Å². The van der Waals surface area contributed by atoms with Gasteiger partial charge in [0, 0.05) is 28.8 Å². The van der Waals surface area contributed by atoms with Gasteiger partial charge < -0.3 is 15.1 Å². The van der Waals surface area contributed by atoms with Crippen LogP contribution in [0, 0.1) is 5.92 Å². The summed E-state index contributed by atoms with van der Waals surface area (Å²) in [7, 11) is 0. The Kier molecular flexibility index (Phi) is 5.81. The van der Waals surface area contributed by atoms with E-state index in [0.717, 1.165) is 31.2 Å². The maximum absolute atomic E-state index is 12.6. The Morgan fingerprint density at radius 1 is 1.48 bits per heavy atom. The lowest BCUT2D eigenvalue weighted by Gasteiger charge is -2.30. The van der Waals surface area contributed by atoms with Crippen LogP contribution in [-0.2, 0) is 16.0 Å². The van der Waals surface area contributed by atoms with Crippen LogP contribution in [0.25, 0.3) is 0 Å².